The molecule has 1 aromatic heterocycles. The SMILES string of the molecule is CCO[C@@H]1CC(NCc2nncn2-c2ccccc2)[C@]12CCCO2. The first-order chi connectivity index (χ1) is 11.8. The molecule has 1 aromatic carbocycles. The second kappa shape index (κ2) is 6.63. The fourth-order valence-corrected chi connectivity index (χ4v) is 3.95. The second-order valence-corrected chi connectivity index (χ2v) is 6.47. The van der Waals surface area contributed by atoms with Crippen LogP contribution in [0.15, 0.2) is 36.7 Å². The number of nitrogens with one attached hydrogen (secondary N) is 1. The van der Waals surface area contributed by atoms with Gasteiger partial charge in [-0.25, -0.2) is 0 Å². The molecular weight excluding hydrogens is 304 g/mol. The number of para-hydroxylation sites is 1. The molecule has 2 aromatic rings. The smallest absolute Gasteiger partial charge is 0.151 e. The molecule has 1 spiro atoms. The number of ether oxygens (including phenoxy) is 2. The van der Waals surface area contributed by atoms with E-state index in [1.807, 2.05) is 29.7 Å². The van der Waals surface area contributed by atoms with Crippen molar-refractivity contribution in [2.45, 2.75) is 50.5 Å². The Balaban J connectivity index is 1.44. The topological polar surface area (TPSA) is 61.2 Å². The van der Waals surface area contributed by atoms with E-state index in [1.165, 1.54) is 0 Å². The lowest BCUT2D eigenvalue weighted by molar-refractivity contribution is -0.198. The minimum atomic E-state index is -0.145. The molecule has 0 bridgehead atoms. The lowest BCUT2D eigenvalue weighted by Crippen LogP contribution is -2.68. The van der Waals surface area contributed by atoms with Gasteiger partial charge in [0.25, 0.3) is 0 Å². The maximum absolute atomic E-state index is 6.11. The van der Waals surface area contributed by atoms with Crippen LogP contribution in [0.4, 0.5) is 0 Å². The maximum atomic E-state index is 6.11. The zero-order valence-corrected chi connectivity index (χ0v) is 14.0. The van der Waals surface area contributed by atoms with E-state index in [4.69, 9.17) is 9.47 Å². The van der Waals surface area contributed by atoms with Crippen LogP contribution in [0.2, 0.25) is 0 Å². The normalized spacial score (nSPS) is 29.0. The van der Waals surface area contributed by atoms with Crippen molar-refractivity contribution in [2.75, 3.05) is 13.2 Å². The van der Waals surface area contributed by atoms with Gasteiger partial charge in [0, 0.05) is 24.9 Å². The molecule has 3 atom stereocenters. The Kier molecular flexibility index (Phi) is 4.35. The summed E-state index contributed by atoms with van der Waals surface area (Å²) in [6.45, 7) is 4.29. The van der Waals surface area contributed by atoms with Crippen LogP contribution in [-0.2, 0) is 16.0 Å². The fourth-order valence-electron chi connectivity index (χ4n) is 3.95. The number of nitrogens with zero attached hydrogens (tertiary/aromatic N) is 3. The van der Waals surface area contributed by atoms with Gasteiger partial charge in [0.1, 0.15) is 11.9 Å². The van der Waals surface area contributed by atoms with Crippen molar-refractivity contribution in [3.63, 3.8) is 0 Å². The second-order valence-electron chi connectivity index (χ2n) is 6.47. The van der Waals surface area contributed by atoms with Crippen LogP contribution in [0.3, 0.4) is 0 Å². The Morgan fingerprint density at radius 2 is 2.25 bits per heavy atom. The van der Waals surface area contributed by atoms with Gasteiger partial charge in [-0.15, -0.1) is 10.2 Å². The molecule has 2 heterocycles. The Morgan fingerprint density at radius 1 is 1.38 bits per heavy atom. The quantitative estimate of drug-likeness (QED) is 0.880. The van der Waals surface area contributed by atoms with E-state index in [2.05, 4.69) is 27.6 Å². The number of rotatable bonds is 6. The van der Waals surface area contributed by atoms with Gasteiger partial charge in [-0.2, -0.15) is 0 Å². The van der Waals surface area contributed by atoms with Gasteiger partial charge in [-0.05, 0) is 38.3 Å². The summed E-state index contributed by atoms with van der Waals surface area (Å²) in [5.74, 6) is 0.911. The Labute approximate surface area is 142 Å². The summed E-state index contributed by atoms with van der Waals surface area (Å²) >= 11 is 0. The van der Waals surface area contributed by atoms with E-state index < -0.39 is 0 Å². The molecule has 24 heavy (non-hydrogen) atoms. The maximum Gasteiger partial charge on any atom is 0.151 e. The number of hydrogen-bond acceptors (Lipinski definition) is 5. The molecule has 2 aliphatic rings. The van der Waals surface area contributed by atoms with Crippen LogP contribution in [0.5, 0.6) is 0 Å². The van der Waals surface area contributed by atoms with Gasteiger partial charge in [0.15, 0.2) is 5.82 Å². The number of aromatic nitrogens is 3. The zero-order chi connectivity index (χ0) is 16.4. The highest BCUT2D eigenvalue weighted by Gasteiger charge is 2.58. The number of benzene rings is 1. The minimum Gasteiger partial charge on any atom is -0.375 e. The molecule has 128 valence electrons. The highest BCUT2D eigenvalue weighted by atomic mass is 16.6. The summed E-state index contributed by atoms with van der Waals surface area (Å²) in [4.78, 5) is 0. The van der Waals surface area contributed by atoms with Crippen LogP contribution in [0, 0.1) is 0 Å². The Morgan fingerprint density at radius 3 is 3.00 bits per heavy atom. The van der Waals surface area contributed by atoms with Crippen LogP contribution < -0.4 is 5.32 Å². The molecule has 1 unspecified atom stereocenters. The lowest BCUT2D eigenvalue weighted by atomic mass is 9.70. The first kappa shape index (κ1) is 15.7. The summed E-state index contributed by atoms with van der Waals surface area (Å²) in [5, 5.41) is 12.0. The fraction of sp³-hybridized carbons (Fsp3) is 0.556. The standard InChI is InChI=1S/C18H24N4O2/c1-2-23-16-11-15(18(16)9-6-10-24-18)19-12-17-21-20-13-22(17)14-7-4-3-5-8-14/h3-5,7-8,13,15-16,19H,2,6,9-12H2,1H3/t15?,16-,18-/m1/s1. The Hall–Kier alpha value is -1.76. The van der Waals surface area contributed by atoms with E-state index in [-0.39, 0.29) is 11.7 Å². The first-order valence-corrected chi connectivity index (χ1v) is 8.77. The summed E-state index contributed by atoms with van der Waals surface area (Å²) < 4.78 is 14.0. The van der Waals surface area contributed by atoms with Gasteiger partial charge < -0.3 is 14.8 Å². The van der Waals surface area contributed by atoms with E-state index in [0.717, 1.165) is 44.0 Å². The third kappa shape index (κ3) is 2.64. The van der Waals surface area contributed by atoms with Crippen molar-refractivity contribution in [1.29, 1.82) is 0 Å². The average Bonchev–Trinajstić information content (AvgIpc) is 3.29. The third-order valence-electron chi connectivity index (χ3n) is 5.19. The molecule has 2 fully saturated rings. The van der Waals surface area contributed by atoms with Crippen LogP contribution >= 0.6 is 0 Å². The largest absolute Gasteiger partial charge is 0.375 e. The van der Waals surface area contributed by atoms with Gasteiger partial charge in [-0.1, -0.05) is 18.2 Å². The minimum absolute atomic E-state index is 0.145. The molecule has 1 saturated carbocycles. The van der Waals surface area contributed by atoms with Crippen molar-refractivity contribution < 1.29 is 9.47 Å². The van der Waals surface area contributed by atoms with E-state index in [0.29, 0.717) is 12.6 Å². The first-order valence-electron chi connectivity index (χ1n) is 8.77. The molecule has 1 aliphatic carbocycles. The van der Waals surface area contributed by atoms with Gasteiger partial charge >= 0.3 is 0 Å². The van der Waals surface area contributed by atoms with Crippen LogP contribution in [0.1, 0.15) is 32.0 Å². The van der Waals surface area contributed by atoms with Crippen molar-refractivity contribution in [2.24, 2.45) is 0 Å². The van der Waals surface area contributed by atoms with Gasteiger partial charge in [0.05, 0.1) is 12.6 Å². The molecule has 4 rings (SSSR count). The van der Waals surface area contributed by atoms with E-state index >= 15 is 0 Å². The van der Waals surface area contributed by atoms with Gasteiger partial charge in [0.2, 0.25) is 0 Å². The monoisotopic (exact) mass is 328 g/mol. The molecule has 6 heteroatoms. The highest BCUT2D eigenvalue weighted by Crippen LogP contribution is 2.45. The van der Waals surface area contributed by atoms with Crippen molar-refractivity contribution >= 4 is 0 Å². The Bertz CT molecular complexity index is 667. The van der Waals surface area contributed by atoms with E-state index in [9.17, 15) is 0 Å². The van der Waals surface area contributed by atoms with Crippen LogP contribution in [-0.4, -0.2) is 45.7 Å². The summed E-state index contributed by atoms with van der Waals surface area (Å²) in [5.41, 5.74) is 0.931. The average molecular weight is 328 g/mol. The number of hydrogen-bond donors (Lipinski definition) is 1. The van der Waals surface area contributed by atoms with Gasteiger partial charge in [-0.3, -0.25) is 4.57 Å². The van der Waals surface area contributed by atoms with E-state index in [1.54, 1.807) is 6.33 Å². The summed E-state index contributed by atoms with van der Waals surface area (Å²) in [6.07, 6.45) is 5.16. The van der Waals surface area contributed by atoms with Crippen molar-refractivity contribution in [3.8, 4) is 5.69 Å². The summed E-state index contributed by atoms with van der Waals surface area (Å²) in [6, 6.07) is 10.5. The predicted molar refractivity (Wildman–Crippen MR) is 89.9 cm³/mol. The van der Waals surface area contributed by atoms with Crippen molar-refractivity contribution in [3.05, 3.63) is 42.5 Å². The molecule has 1 N–H and O–H groups in total. The zero-order valence-electron chi connectivity index (χ0n) is 14.0. The molecule has 1 aliphatic heterocycles. The molecule has 1 saturated heterocycles. The third-order valence-corrected chi connectivity index (χ3v) is 5.19. The summed E-state index contributed by atoms with van der Waals surface area (Å²) in [7, 11) is 0. The molecular formula is C18H24N4O2. The van der Waals surface area contributed by atoms with Crippen LogP contribution in [0.25, 0.3) is 5.69 Å². The molecule has 0 amide bonds. The highest BCUT2D eigenvalue weighted by molar-refractivity contribution is 5.32. The van der Waals surface area contributed by atoms with Crippen molar-refractivity contribution in [1.82, 2.24) is 20.1 Å². The predicted octanol–water partition coefficient (Wildman–Crippen LogP) is 2.08. The lowest BCUT2D eigenvalue weighted by Gasteiger charge is -2.52. The molecule has 0 radical (unpaired) electrons. The molecule has 6 nitrogen and oxygen atoms in total.